The first-order chi connectivity index (χ1) is 23.1. The molecule has 36 heavy (non-hydrogen) atoms. The molecule has 10 nitrogen and oxygen atoms in total. The number of nitrogens with two attached hydrogens (primary N) is 1. The van der Waals surface area contributed by atoms with Gasteiger partial charge in [-0.05, 0) is 45.7 Å². The van der Waals surface area contributed by atoms with Crippen LogP contribution in [0.15, 0.2) is 6.07 Å². The number of ether oxygens (including phenoxy) is 7. The molecule has 0 saturated heterocycles. The number of rotatable bonds is 8. The van der Waals surface area contributed by atoms with Crippen molar-refractivity contribution in [2.45, 2.75) is 39.1 Å². The number of methoxy groups -OCH3 is 1. The molecule has 0 bridgehead atoms. The molecule has 3 aliphatic heterocycles. The van der Waals surface area contributed by atoms with Crippen LogP contribution in [0, 0.1) is 0 Å². The largest absolute Gasteiger partial charge is 0.492 e. The molecule has 194 valence electrons. The van der Waals surface area contributed by atoms with Gasteiger partial charge in [-0.1, -0.05) is 0 Å². The third-order valence-electron chi connectivity index (χ3n) is 6.36. The van der Waals surface area contributed by atoms with E-state index in [0.29, 0.717) is 23.3 Å². The third kappa shape index (κ3) is 3.54. The van der Waals surface area contributed by atoms with Gasteiger partial charge in [0.2, 0.25) is 18.3 Å². The molecule has 2 aromatic rings. The van der Waals surface area contributed by atoms with Gasteiger partial charge in [-0.25, -0.2) is 4.79 Å². The molecule has 0 amide bonds. The smallest absolute Gasteiger partial charge is 0.341 e. The highest BCUT2D eigenvalue weighted by Gasteiger charge is 2.49. The predicted octanol–water partition coefficient (Wildman–Crippen LogP) is 3.64. The Bertz CT molecular complexity index is 1740. The number of hydrogen-bond donors (Lipinski definition) is 1. The van der Waals surface area contributed by atoms with Crippen LogP contribution in [0.3, 0.4) is 0 Å². The highest BCUT2D eigenvalue weighted by Crippen LogP contribution is 2.59. The maximum absolute atomic E-state index is 13.8. The lowest BCUT2D eigenvalue weighted by atomic mass is 9.85. The van der Waals surface area contributed by atoms with Crippen molar-refractivity contribution in [3.63, 3.8) is 0 Å². The molecule has 3 aliphatic rings. The van der Waals surface area contributed by atoms with Crippen molar-refractivity contribution in [1.82, 2.24) is 4.90 Å². The summed E-state index contributed by atoms with van der Waals surface area (Å²) in [5, 5.41) is 0. The second-order valence-electron chi connectivity index (χ2n) is 8.02. The summed E-state index contributed by atoms with van der Waals surface area (Å²) in [6, 6.07) is 0.557. The molecule has 0 fully saturated rings. The number of benzene rings is 2. The van der Waals surface area contributed by atoms with Crippen LogP contribution in [0.25, 0.3) is 0 Å². The molecule has 2 unspecified atom stereocenters. The Kier molecular flexibility index (Phi) is 3.20. The number of likely N-dealkylation sites (N-methyl/N-ethyl adjacent to an activating group) is 1. The van der Waals surface area contributed by atoms with Gasteiger partial charge in [0.15, 0.2) is 29.1 Å². The van der Waals surface area contributed by atoms with Crippen molar-refractivity contribution in [1.29, 1.82) is 0 Å². The summed E-state index contributed by atoms with van der Waals surface area (Å²) >= 11 is 0. The van der Waals surface area contributed by atoms with E-state index in [1.807, 2.05) is 0 Å². The molecule has 5 rings (SSSR count). The Morgan fingerprint density at radius 1 is 1.08 bits per heavy atom. The van der Waals surface area contributed by atoms with Crippen LogP contribution in [0.4, 0.5) is 5.69 Å². The number of nitrogen functional groups attached to an aromatic ring is 1. The van der Waals surface area contributed by atoms with Crippen molar-refractivity contribution < 1.29 is 58.5 Å². The zero-order chi connectivity index (χ0) is 38.4. The average Bonchev–Trinajstić information content (AvgIpc) is 3.58. The zero-order valence-electron chi connectivity index (χ0n) is 34.1. The third-order valence-corrected chi connectivity index (χ3v) is 6.36. The summed E-state index contributed by atoms with van der Waals surface area (Å²) in [5.74, 6) is -4.46. The van der Waals surface area contributed by atoms with Crippen LogP contribution in [0.2, 0.25) is 0 Å². The summed E-state index contributed by atoms with van der Waals surface area (Å²) in [4.78, 5) is 15.4. The monoisotopic (exact) mass is 515 g/mol. The second kappa shape index (κ2) is 9.50. The number of nitrogens with zero attached hydrogens (tertiary/aromatic N) is 1. The van der Waals surface area contributed by atoms with E-state index < -0.39 is 92.4 Å². The zero-order valence-corrected chi connectivity index (χ0v) is 19.1. The van der Waals surface area contributed by atoms with Crippen molar-refractivity contribution in [2.75, 3.05) is 52.9 Å². The Morgan fingerprint density at radius 2 is 1.81 bits per heavy atom. The summed E-state index contributed by atoms with van der Waals surface area (Å²) < 4.78 is 157. The van der Waals surface area contributed by atoms with Crippen LogP contribution >= 0.6 is 0 Å². The standard InChI is InChI=1S/C26H32N2O8/c1-6-31-23-17-16(18(27)24(32-7-2)25(23)33-8-3)26(29)36-21(17)19-15-13(9-10-28(19)4)11-14-20(22(15)30-5)35-12-34-14/h11,19,21H,6-10,12,27H2,1-5H3/i1D3,2D3,3D3,6D2,7D2,8D2. The highest BCUT2D eigenvalue weighted by molar-refractivity contribution is 6.03. The van der Waals surface area contributed by atoms with Gasteiger partial charge in [0.1, 0.15) is 0 Å². The molecule has 2 N–H and O–H groups in total. The summed E-state index contributed by atoms with van der Waals surface area (Å²) in [7, 11) is 2.95. The quantitative estimate of drug-likeness (QED) is 0.413. The molecule has 0 spiro atoms. The van der Waals surface area contributed by atoms with E-state index in [1.54, 1.807) is 18.0 Å². The Morgan fingerprint density at radius 3 is 2.53 bits per heavy atom. The first-order valence-electron chi connectivity index (χ1n) is 18.1. The number of anilines is 1. The number of carbonyl (C=O) groups excluding carboxylic acids is 1. The van der Waals surface area contributed by atoms with E-state index in [9.17, 15) is 4.79 Å². The summed E-state index contributed by atoms with van der Waals surface area (Å²) in [6.45, 7) is -21.9. The second-order valence-corrected chi connectivity index (χ2v) is 8.02. The minimum absolute atomic E-state index is 0.145. The number of carbonyl (C=O) groups is 1. The maximum atomic E-state index is 13.8. The number of fused-ring (bicyclic) bond motifs is 3. The number of esters is 1. The van der Waals surface area contributed by atoms with E-state index >= 15 is 0 Å². The molecule has 0 radical (unpaired) electrons. The van der Waals surface area contributed by atoms with Crippen LogP contribution in [-0.4, -0.2) is 58.0 Å². The van der Waals surface area contributed by atoms with Gasteiger partial charge >= 0.3 is 5.97 Å². The Balaban J connectivity index is 1.89. The summed E-state index contributed by atoms with van der Waals surface area (Å²) in [5.41, 5.74) is 5.05. The fraction of sp³-hybridized carbons (Fsp3) is 0.500. The fourth-order valence-corrected chi connectivity index (χ4v) is 4.97. The number of hydrogen-bond acceptors (Lipinski definition) is 10. The molecule has 2 atom stereocenters. The molecule has 3 heterocycles. The molecule has 2 aromatic carbocycles. The van der Waals surface area contributed by atoms with Crippen molar-refractivity contribution in [3.05, 3.63) is 28.3 Å². The molecular formula is C26H32N2O8. The van der Waals surface area contributed by atoms with Gasteiger partial charge in [0.05, 0.1) is 57.9 Å². The minimum Gasteiger partial charge on any atom is -0.492 e. The lowest BCUT2D eigenvalue weighted by molar-refractivity contribution is 0.00816. The fourth-order valence-electron chi connectivity index (χ4n) is 4.97. The van der Waals surface area contributed by atoms with E-state index in [-0.39, 0.29) is 24.8 Å². The lowest BCUT2D eigenvalue weighted by Gasteiger charge is -2.38. The molecular weight excluding hydrogens is 468 g/mol. The first-order valence-corrected chi connectivity index (χ1v) is 10.6. The van der Waals surface area contributed by atoms with Crippen LogP contribution in [-0.2, 0) is 11.2 Å². The maximum Gasteiger partial charge on any atom is 0.341 e. The van der Waals surface area contributed by atoms with E-state index in [2.05, 4.69) is 0 Å². The Hall–Kier alpha value is -3.53. The predicted molar refractivity (Wildman–Crippen MR) is 131 cm³/mol. The number of cyclic esters (lactones) is 1. The molecule has 10 heteroatoms. The van der Waals surface area contributed by atoms with Crippen molar-refractivity contribution in [3.8, 4) is 34.5 Å². The molecule has 0 aliphatic carbocycles. The highest BCUT2D eigenvalue weighted by atomic mass is 16.7. The van der Waals surface area contributed by atoms with Crippen molar-refractivity contribution in [2.24, 2.45) is 0 Å². The topological polar surface area (TPSA) is 111 Å². The van der Waals surface area contributed by atoms with Gasteiger partial charge in [-0.15, -0.1) is 0 Å². The lowest BCUT2D eigenvalue weighted by Crippen LogP contribution is -2.36. The van der Waals surface area contributed by atoms with E-state index in [0.717, 1.165) is 0 Å². The van der Waals surface area contributed by atoms with Gasteiger partial charge in [-0.2, -0.15) is 0 Å². The SMILES string of the molecule is [2H]C([2H])([2H])C([2H])([2H])Oc1c(N)c2c(c(OC([2H])([2H])C([2H])([2H])[2H])c1OC([2H])([2H])C([2H])([2H])[2H])C(C1c3c(cc4c(c3OC)OCO4)CCN1C)OC2=O. The van der Waals surface area contributed by atoms with Crippen LogP contribution in [0.1, 0.15) is 80.3 Å². The van der Waals surface area contributed by atoms with E-state index in [1.165, 1.54) is 7.11 Å². The van der Waals surface area contributed by atoms with Crippen molar-refractivity contribution >= 4 is 11.7 Å². The van der Waals surface area contributed by atoms with Gasteiger partial charge in [0.25, 0.3) is 0 Å². The molecule has 0 saturated carbocycles. The average molecular weight is 516 g/mol. The Labute approximate surface area is 231 Å². The molecule has 0 aromatic heterocycles. The minimum atomic E-state index is -3.77. The van der Waals surface area contributed by atoms with Crippen LogP contribution in [0.5, 0.6) is 34.5 Å². The van der Waals surface area contributed by atoms with Gasteiger partial charge < -0.3 is 38.9 Å². The van der Waals surface area contributed by atoms with Crippen LogP contribution < -0.4 is 34.2 Å². The van der Waals surface area contributed by atoms with Gasteiger partial charge in [0, 0.05) is 24.4 Å². The van der Waals surface area contributed by atoms with E-state index in [4.69, 9.17) is 59.5 Å². The first kappa shape index (κ1) is 12.1. The normalized spacial score (nSPS) is 28.4. The summed E-state index contributed by atoms with van der Waals surface area (Å²) in [6.07, 6.45) is -1.26. The van der Waals surface area contributed by atoms with Gasteiger partial charge in [-0.3, -0.25) is 4.90 Å².